The van der Waals surface area contributed by atoms with Crippen molar-refractivity contribution in [2.75, 3.05) is 14.2 Å². The lowest BCUT2D eigenvalue weighted by atomic mass is 10.1. The van der Waals surface area contributed by atoms with Gasteiger partial charge in [-0.3, -0.25) is 4.79 Å². The smallest absolute Gasteiger partial charge is 0.416 e. The third kappa shape index (κ3) is 3.95. The Labute approximate surface area is 137 Å². The molecule has 0 amide bonds. The van der Waals surface area contributed by atoms with Crippen LogP contribution in [0.25, 0.3) is 6.08 Å². The van der Waals surface area contributed by atoms with Crippen molar-refractivity contribution < 1.29 is 27.4 Å². The van der Waals surface area contributed by atoms with E-state index in [2.05, 4.69) is 0 Å². The summed E-state index contributed by atoms with van der Waals surface area (Å²) < 4.78 is 48.4. The van der Waals surface area contributed by atoms with E-state index < -0.39 is 17.5 Å². The van der Waals surface area contributed by atoms with E-state index in [1.165, 1.54) is 38.5 Å². The van der Waals surface area contributed by atoms with Gasteiger partial charge in [-0.1, -0.05) is 24.3 Å². The first kappa shape index (κ1) is 17.6. The van der Waals surface area contributed by atoms with Gasteiger partial charge in [0.1, 0.15) is 17.1 Å². The van der Waals surface area contributed by atoms with Crippen LogP contribution in [0, 0.1) is 0 Å². The molecule has 6 heteroatoms. The van der Waals surface area contributed by atoms with E-state index in [9.17, 15) is 18.0 Å². The van der Waals surface area contributed by atoms with Gasteiger partial charge >= 0.3 is 6.18 Å². The first-order valence-electron chi connectivity index (χ1n) is 6.97. The van der Waals surface area contributed by atoms with Crippen LogP contribution < -0.4 is 9.47 Å². The lowest BCUT2D eigenvalue weighted by Gasteiger charge is -2.10. The predicted octanol–water partition coefficient (Wildman–Crippen LogP) is 4.62. The molecule has 0 saturated heterocycles. The Morgan fingerprint density at radius 1 is 1.00 bits per heavy atom. The molecule has 0 saturated carbocycles. The maximum absolute atomic E-state index is 12.7. The SMILES string of the molecule is COc1cccc(OC)c1C(=O)C=Cc1cccc(C(F)(F)F)c1. The number of halogens is 3. The molecule has 0 unspecified atom stereocenters. The maximum Gasteiger partial charge on any atom is 0.416 e. The predicted molar refractivity (Wildman–Crippen MR) is 84.4 cm³/mol. The highest BCUT2D eigenvalue weighted by atomic mass is 19.4. The van der Waals surface area contributed by atoms with E-state index in [1.807, 2.05) is 0 Å². The number of carbonyl (C=O) groups excluding carboxylic acids is 1. The molecule has 2 aromatic rings. The van der Waals surface area contributed by atoms with Gasteiger partial charge in [-0.25, -0.2) is 0 Å². The van der Waals surface area contributed by atoms with Crippen molar-refractivity contribution in [2.24, 2.45) is 0 Å². The van der Waals surface area contributed by atoms with Crippen molar-refractivity contribution >= 4 is 11.9 Å². The quantitative estimate of drug-likeness (QED) is 0.590. The minimum atomic E-state index is -4.43. The molecule has 0 aliphatic rings. The standard InChI is InChI=1S/C18H15F3O3/c1-23-15-7-4-8-16(24-2)17(15)14(22)10-9-12-5-3-6-13(11-12)18(19,20)21/h3-11H,1-2H3. The molecule has 2 aromatic carbocycles. The summed E-state index contributed by atoms with van der Waals surface area (Å²) in [5.41, 5.74) is -0.287. The monoisotopic (exact) mass is 336 g/mol. The Bertz CT molecular complexity index is 742. The number of benzene rings is 2. The second kappa shape index (κ2) is 7.21. The molecule has 0 radical (unpaired) electrons. The lowest BCUT2D eigenvalue weighted by Crippen LogP contribution is -2.04. The van der Waals surface area contributed by atoms with E-state index in [1.54, 1.807) is 18.2 Å². The average Bonchev–Trinajstić information content (AvgIpc) is 2.58. The van der Waals surface area contributed by atoms with Crippen molar-refractivity contribution in [1.29, 1.82) is 0 Å². The molecule has 3 nitrogen and oxygen atoms in total. The molecule has 0 aliphatic heterocycles. The number of alkyl halides is 3. The molecule has 0 aliphatic carbocycles. The molecule has 0 aromatic heterocycles. The fourth-order valence-electron chi connectivity index (χ4n) is 2.17. The van der Waals surface area contributed by atoms with E-state index in [0.29, 0.717) is 11.5 Å². The van der Waals surface area contributed by atoms with Crippen LogP contribution in [-0.2, 0) is 6.18 Å². The summed E-state index contributed by atoms with van der Waals surface area (Å²) in [6, 6.07) is 9.60. The van der Waals surface area contributed by atoms with Crippen LogP contribution in [0.4, 0.5) is 13.2 Å². The molecule has 0 spiro atoms. The third-order valence-corrected chi connectivity index (χ3v) is 3.32. The first-order chi connectivity index (χ1) is 11.4. The molecular weight excluding hydrogens is 321 g/mol. The van der Waals surface area contributed by atoms with Crippen LogP contribution in [0.2, 0.25) is 0 Å². The topological polar surface area (TPSA) is 35.5 Å². The van der Waals surface area contributed by atoms with Crippen LogP contribution in [0.3, 0.4) is 0 Å². The minimum Gasteiger partial charge on any atom is -0.496 e. The summed E-state index contributed by atoms with van der Waals surface area (Å²) in [6.45, 7) is 0. The Hall–Kier alpha value is -2.76. The van der Waals surface area contributed by atoms with Crippen LogP contribution in [0.5, 0.6) is 11.5 Å². The molecule has 0 bridgehead atoms. The number of carbonyl (C=O) groups is 1. The normalized spacial score (nSPS) is 11.5. The van der Waals surface area contributed by atoms with E-state index in [-0.39, 0.29) is 11.1 Å². The molecule has 0 atom stereocenters. The van der Waals surface area contributed by atoms with Gasteiger partial charge in [0.15, 0.2) is 5.78 Å². The van der Waals surface area contributed by atoms with Gasteiger partial charge in [-0.2, -0.15) is 13.2 Å². The highest BCUT2D eigenvalue weighted by molar-refractivity contribution is 6.10. The molecule has 2 rings (SSSR count). The van der Waals surface area contributed by atoms with Crippen molar-refractivity contribution in [2.45, 2.75) is 6.18 Å². The molecule has 24 heavy (non-hydrogen) atoms. The second-order valence-electron chi connectivity index (χ2n) is 4.86. The molecule has 0 heterocycles. The summed E-state index contributed by atoms with van der Waals surface area (Å²) in [5, 5.41) is 0. The van der Waals surface area contributed by atoms with Crippen LogP contribution in [-0.4, -0.2) is 20.0 Å². The van der Waals surface area contributed by atoms with Gasteiger partial charge in [0.05, 0.1) is 19.8 Å². The number of hydrogen-bond donors (Lipinski definition) is 0. The fraction of sp³-hybridized carbons (Fsp3) is 0.167. The van der Waals surface area contributed by atoms with Crippen LogP contribution in [0.15, 0.2) is 48.5 Å². The lowest BCUT2D eigenvalue weighted by molar-refractivity contribution is -0.137. The van der Waals surface area contributed by atoms with Crippen molar-refractivity contribution in [3.63, 3.8) is 0 Å². The van der Waals surface area contributed by atoms with E-state index in [4.69, 9.17) is 9.47 Å². The van der Waals surface area contributed by atoms with Crippen molar-refractivity contribution in [1.82, 2.24) is 0 Å². The number of hydrogen-bond acceptors (Lipinski definition) is 3. The number of ketones is 1. The van der Waals surface area contributed by atoms with Gasteiger partial charge in [0.25, 0.3) is 0 Å². The van der Waals surface area contributed by atoms with Gasteiger partial charge in [0.2, 0.25) is 0 Å². The number of allylic oxidation sites excluding steroid dienone is 1. The highest BCUT2D eigenvalue weighted by Crippen LogP contribution is 2.31. The van der Waals surface area contributed by atoms with Gasteiger partial charge in [-0.15, -0.1) is 0 Å². The molecular formula is C18H15F3O3. The number of ether oxygens (including phenoxy) is 2. The van der Waals surface area contributed by atoms with Crippen molar-refractivity contribution in [3.05, 3.63) is 65.2 Å². The number of methoxy groups -OCH3 is 2. The Kier molecular flexibility index (Phi) is 5.28. The highest BCUT2D eigenvalue weighted by Gasteiger charge is 2.30. The summed E-state index contributed by atoms with van der Waals surface area (Å²) in [4.78, 5) is 12.4. The summed E-state index contributed by atoms with van der Waals surface area (Å²) in [7, 11) is 2.84. The third-order valence-electron chi connectivity index (χ3n) is 3.32. The largest absolute Gasteiger partial charge is 0.496 e. The zero-order valence-electron chi connectivity index (χ0n) is 13.1. The van der Waals surface area contributed by atoms with Crippen LogP contribution in [0.1, 0.15) is 21.5 Å². The molecule has 0 N–H and O–H groups in total. The second-order valence-corrected chi connectivity index (χ2v) is 4.86. The number of rotatable bonds is 5. The van der Waals surface area contributed by atoms with E-state index >= 15 is 0 Å². The van der Waals surface area contributed by atoms with E-state index in [0.717, 1.165) is 12.1 Å². The minimum absolute atomic E-state index is 0.214. The zero-order valence-corrected chi connectivity index (χ0v) is 13.1. The zero-order chi connectivity index (χ0) is 17.7. The Morgan fingerprint density at radius 2 is 1.58 bits per heavy atom. The fourth-order valence-corrected chi connectivity index (χ4v) is 2.17. The van der Waals surface area contributed by atoms with Gasteiger partial charge < -0.3 is 9.47 Å². The van der Waals surface area contributed by atoms with Gasteiger partial charge in [-0.05, 0) is 35.9 Å². The summed E-state index contributed by atoms with van der Waals surface area (Å²) in [5.74, 6) is 0.225. The average molecular weight is 336 g/mol. The van der Waals surface area contributed by atoms with Crippen LogP contribution >= 0.6 is 0 Å². The maximum atomic E-state index is 12.7. The Balaban J connectivity index is 2.32. The molecule has 0 fully saturated rings. The summed E-state index contributed by atoms with van der Waals surface area (Å²) in [6.07, 6.45) is -1.92. The Morgan fingerprint density at radius 3 is 2.12 bits per heavy atom. The first-order valence-corrected chi connectivity index (χ1v) is 6.97. The summed E-state index contributed by atoms with van der Waals surface area (Å²) >= 11 is 0. The van der Waals surface area contributed by atoms with Gasteiger partial charge in [0, 0.05) is 0 Å². The molecule has 126 valence electrons. The van der Waals surface area contributed by atoms with Crippen molar-refractivity contribution in [3.8, 4) is 11.5 Å².